The zero-order valence-corrected chi connectivity index (χ0v) is 14.9. The lowest BCUT2D eigenvalue weighted by atomic mass is 10.0. The maximum Gasteiger partial charge on any atom is 0.341 e. The van der Waals surface area contributed by atoms with Gasteiger partial charge < -0.3 is 19.9 Å². The van der Waals surface area contributed by atoms with Crippen molar-refractivity contribution in [3.63, 3.8) is 0 Å². The highest BCUT2D eigenvalue weighted by molar-refractivity contribution is 5.94. The average Bonchev–Trinajstić information content (AvgIpc) is 2.65. The zero-order chi connectivity index (χ0) is 18.9. The molecule has 0 saturated heterocycles. The average molecular weight is 357 g/mol. The second kappa shape index (κ2) is 9.46. The first kappa shape index (κ1) is 19.3. The first-order valence-corrected chi connectivity index (χ1v) is 8.33. The number of aliphatic carboxylic acids is 1. The number of hydrogen-bond acceptors (Lipinski definition) is 4. The molecule has 0 fully saturated rings. The lowest BCUT2D eigenvalue weighted by molar-refractivity contribution is -0.139. The third-order valence-corrected chi connectivity index (χ3v) is 3.81. The number of carbonyl (C=O) groups excluding carboxylic acids is 1. The van der Waals surface area contributed by atoms with Crippen LogP contribution in [-0.4, -0.2) is 37.2 Å². The number of hydrogen-bond donors (Lipinski definition) is 2. The molecule has 138 valence electrons. The fraction of sp³-hybridized carbons (Fsp3) is 0.300. The lowest BCUT2D eigenvalue weighted by Crippen LogP contribution is -2.29. The maximum atomic E-state index is 12.3. The van der Waals surface area contributed by atoms with Crippen molar-refractivity contribution < 1.29 is 24.2 Å². The molecule has 0 aliphatic carbocycles. The first-order valence-electron chi connectivity index (χ1n) is 8.33. The van der Waals surface area contributed by atoms with Gasteiger partial charge in [-0.05, 0) is 48.2 Å². The molecule has 6 heteroatoms. The van der Waals surface area contributed by atoms with Crippen LogP contribution in [0.2, 0.25) is 0 Å². The number of carboxylic acid groups (broad SMARTS) is 1. The molecule has 6 nitrogen and oxygen atoms in total. The lowest BCUT2D eigenvalue weighted by Gasteiger charge is -2.13. The summed E-state index contributed by atoms with van der Waals surface area (Å²) in [6, 6.07) is 14.3. The predicted molar refractivity (Wildman–Crippen MR) is 97.8 cm³/mol. The molecule has 1 unspecified atom stereocenters. The summed E-state index contributed by atoms with van der Waals surface area (Å²) in [4.78, 5) is 22.8. The molecule has 2 N–H and O–H groups in total. The molecule has 0 aromatic heterocycles. The molecule has 2 aromatic rings. The van der Waals surface area contributed by atoms with Gasteiger partial charge in [0.25, 0.3) is 5.91 Å². The number of rotatable bonds is 9. The third kappa shape index (κ3) is 6.12. The summed E-state index contributed by atoms with van der Waals surface area (Å²) < 4.78 is 10.2. The molecule has 2 aromatic carbocycles. The molecular weight excluding hydrogens is 334 g/mol. The summed E-state index contributed by atoms with van der Waals surface area (Å²) in [5.41, 5.74) is 1.61. The van der Waals surface area contributed by atoms with Crippen molar-refractivity contribution in [3.8, 4) is 11.5 Å². The Morgan fingerprint density at radius 2 is 1.85 bits per heavy atom. The van der Waals surface area contributed by atoms with Gasteiger partial charge in [0, 0.05) is 12.1 Å². The fourth-order valence-corrected chi connectivity index (χ4v) is 2.48. The summed E-state index contributed by atoms with van der Waals surface area (Å²) >= 11 is 0. The second-order valence-electron chi connectivity index (χ2n) is 6.08. The quantitative estimate of drug-likeness (QED) is 0.721. The van der Waals surface area contributed by atoms with Gasteiger partial charge in [-0.15, -0.1) is 0 Å². The van der Waals surface area contributed by atoms with Gasteiger partial charge in [-0.3, -0.25) is 4.79 Å². The molecule has 2 rings (SSSR count). The highest BCUT2D eigenvalue weighted by atomic mass is 16.5. The van der Waals surface area contributed by atoms with Crippen LogP contribution in [0.25, 0.3) is 0 Å². The molecule has 26 heavy (non-hydrogen) atoms. The van der Waals surface area contributed by atoms with Crippen LogP contribution in [-0.2, 0) is 11.2 Å². The van der Waals surface area contributed by atoms with Crippen LogP contribution in [0.15, 0.2) is 48.5 Å². The Hall–Kier alpha value is -3.02. The number of amides is 1. The van der Waals surface area contributed by atoms with Gasteiger partial charge in [-0.25, -0.2) is 4.79 Å². The molecule has 0 aliphatic rings. The van der Waals surface area contributed by atoms with E-state index < -0.39 is 12.6 Å². The Bertz CT molecular complexity index is 742. The van der Waals surface area contributed by atoms with E-state index in [1.165, 1.54) is 11.6 Å². The Morgan fingerprint density at radius 1 is 1.12 bits per heavy atom. The van der Waals surface area contributed by atoms with Crippen LogP contribution < -0.4 is 14.8 Å². The second-order valence-corrected chi connectivity index (χ2v) is 6.08. The predicted octanol–water partition coefficient (Wildman–Crippen LogP) is 2.77. The smallest absolute Gasteiger partial charge is 0.341 e. The van der Waals surface area contributed by atoms with Crippen molar-refractivity contribution >= 4 is 11.9 Å². The Labute approximate surface area is 152 Å². The molecule has 1 atom stereocenters. The summed E-state index contributed by atoms with van der Waals surface area (Å²) in [5, 5.41) is 11.5. The Balaban J connectivity index is 1.85. The largest absolute Gasteiger partial charge is 0.497 e. The van der Waals surface area contributed by atoms with Crippen LogP contribution in [0.5, 0.6) is 11.5 Å². The molecule has 0 saturated carbocycles. The zero-order valence-electron chi connectivity index (χ0n) is 14.9. The van der Waals surface area contributed by atoms with Gasteiger partial charge in [0.1, 0.15) is 11.5 Å². The SMILES string of the molecule is COc1ccc(CC(C)CNC(=O)c2cccc(OCC(=O)O)c2)cc1. The van der Waals surface area contributed by atoms with Crippen molar-refractivity contribution in [3.05, 3.63) is 59.7 Å². The van der Waals surface area contributed by atoms with Crippen LogP contribution in [0.4, 0.5) is 0 Å². The van der Waals surface area contributed by atoms with Gasteiger partial charge in [0.05, 0.1) is 7.11 Å². The van der Waals surface area contributed by atoms with Gasteiger partial charge in [-0.2, -0.15) is 0 Å². The molecule has 0 spiro atoms. The normalized spacial score (nSPS) is 11.5. The van der Waals surface area contributed by atoms with E-state index in [1.807, 2.05) is 24.3 Å². The van der Waals surface area contributed by atoms with Crippen LogP contribution in [0.3, 0.4) is 0 Å². The Morgan fingerprint density at radius 3 is 2.50 bits per heavy atom. The standard InChI is InChI=1S/C20H23NO5/c1-14(10-15-6-8-17(25-2)9-7-15)12-21-20(24)16-4-3-5-18(11-16)26-13-19(22)23/h3-9,11,14H,10,12-13H2,1-2H3,(H,21,24)(H,22,23). The van der Waals surface area contributed by atoms with E-state index in [2.05, 4.69) is 12.2 Å². The number of carboxylic acids is 1. The first-order chi connectivity index (χ1) is 12.5. The molecule has 0 bridgehead atoms. The summed E-state index contributed by atoms with van der Waals surface area (Å²) in [7, 11) is 1.63. The van der Waals surface area contributed by atoms with E-state index in [-0.39, 0.29) is 11.8 Å². The topological polar surface area (TPSA) is 84.9 Å². The van der Waals surface area contributed by atoms with Crippen molar-refractivity contribution in [2.75, 3.05) is 20.3 Å². The molecule has 0 heterocycles. The van der Waals surface area contributed by atoms with Gasteiger partial charge in [0.15, 0.2) is 6.61 Å². The Kier molecular flexibility index (Phi) is 7.02. The van der Waals surface area contributed by atoms with Gasteiger partial charge >= 0.3 is 5.97 Å². The van der Waals surface area contributed by atoms with Crippen molar-refractivity contribution in [2.45, 2.75) is 13.3 Å². The summed E-state index contributed by atoms with van der Waals surface area (Å²) in [6.07, 6.45) is 0.839. The van der Waals surface area contributed by atoms with Crippen LogP contribution in [0.1, 0.15) is 22.8 Å². The van der Waals surface area contributed by atoms with E-state index in [0.717, 1.165) is 12.2 Å². The van der Waals surface area contributed by atoms with Crippen molar-refractivity contribution in [1.29, 1.82) is 0 Å². The highest BCUT2D eigenvalue weighted by Crippen LogP contribution is 2.15. The van der Waals surface area contributed by atoms with Crippen LogP contribution in [0, 0.1) is 5.92 Å². The number of benzene rings is 2. The van der Waals surface area contributed by atoms with Crippen molar-refractivity contribution in [1.82, 2.24) is 5.32 Å². The molecule has 0 radical (unpaired) electrons. The van der Waals surface area contributed by atoms with Gasteiger partial charge in [-0.1, -0.05) is 25.1 Å². The van der Waals surface area contributed by atoms with E-state index in [0.29, 0.717) is 17.9 Å². The minimum Gasteiger partial charge on any atom is -0.497 e. The minimum atomic E-state index is -1.06. The third-order valence-electron chi connectivity index (χ3n) is 3.81. The molecule has 0 aliphatic heterocycles. The monoisotopic (exact) mass is 357 g/mol. The number of carbonyl (C=O) groups is 2. The number of ether oxygens (including phenoxy) is 2. The number of nitrogens with one attached hydrogen (secondary N) is 1. The van der Waals surface area contributed by atoms with E-state index in [4.69, 9.17) is 14.6 Å². The van der Waals surface area contributed by atoms with E-state index in [1.54, 1.807) is 25.3 Å². The molecule has 1 amide bonds. The maximum absolute atomic E-state index is 12.3. The van der Waals surface area contributed by atoms with Gasteiger partial charge in [0.2, 0.25) is 0 Å². The van der Waals surface area contributed by atoms with E-state index >= 15 is 0 Å². The van der Waals surface area contributed by atoms with Crippen LogP contribution >= 0.6 is 0 Å². The van der Waals surface area contributed by atoms with Crippen molar-refractivity contribution in [2.24, 2.45) is 5.92 Å². The number of methoxy groups -OCH3 is 1. The fourth-order valence-electron chi connectivity index (χ4n) is 2.48. The van der Waals surface area contributed by atoms with E-state index in [9.17, 15) is 9.59 Å². The summed E-state index contributed by atoms with van der Waals surface area (Å²) in [6.45, 7) is 2.16. The summed E-state index contributed by atoms with van der Waals surface area (Å²) in [5.74, 6) is 0.157. The molecular formula is C20H23NO5. The minimum absolute atomic E-state index is 0.215. The highest BCUT2D eigenvalue weighted by Gasteiger charge is 2.10.